The number of carbonyl (C=O) groups is 2. The number of anilines is 1. The van der Waals surface area contributed by atoms with E-state index in [4.69, 9.17) is 0 Å². The van der Waals surface area contributed by atoms with Crippen molar-refractivity contribution < 1.29 is 19.4 Å². The number of hydrogen-bond donors (Lipinski definition) is 2. The Hall–Kier alpha value is -2.08. The van der Waals surface area contributed by atoms with Crippen LogP contribution < -0.4 is 5.32 Å². The fraction of sp³-hybridized carbons (Fsp3) is 0.333. The minimum Gasteiger partial charge on any atom is -0.507 e. The van der Waals surface area contributed by atoms with Crippen LogP contribution in [0.1, 0.15) is 10.4 Å². The van der Waals surface area contributed by atoms with Gasteiger partial charge in [-0.1, -0.05) is 0 Å². The molecule has 0 spiro atoms. The summed E-state index contributed by atoms with van der Waals surface area (Å²) in [6.45, 7) is 0.236. The van der Waals surface area contributed by atoms with Crippen molar-refractivity contribution in [3.05, 3.63) is 23.8 Å². The third-order valence-corrected chi connectivity index (χ3v) is 2.15. The van der Waals surface area contributed by atoms with Crippen LogP contribution in [0.4, 0.5) is 5.69 Å². The van der Waals surface area contributed by atoms with Crippen molar-refractivity contribution in [2.75, 3.05) is 33.1 Å². The van der Waals surface area contributed by atoms with E-state index in [1.165, 1.54) is 25.3 Å². The first-order valence-electron chi connectivity index (χ1n) is 5.30. The van der Waals surface area contributed by atoms with E-state index in [0.717, 1.165) is 0 Å². The van der Waals surface area contributed by atoms with Crippen molar-refractivity contribution in [1.82, 2.24) is 4.90 Å². The maximum atomic E-state index is 11.5. The van der Waals surface area contributed by atoms with E-state index in [1.807, 2.05) is 0 Å². The Morgan fingerprint density at radius 2 is 2.06 bits per heavy atom. The molecule has 6 heteroatoms. The summed E-state index contributed by atoms with van der Waals surface area (Å²) in [5.74, 6) is -1.06. The Labute approximate surface area is 105 Å². The van der Waals surface area contributed by atoms with Gasteiger partial charge in [-0.25, -0.2) is 4.79 Å². The molecule has 0 atom stereocenters. The zero-order valence-electron chi connectivity index (χ0n) is 10.6. The quantitative estimate of drug-likeness (QED) is 0.770. The van der Waals surface area contributed by atoms with Gasteiger partial charge in [0.2, 0.25) is 5.91 Å². The number of benzene rings is 1. The number of nitrogens with zero attached hydrogens (tertiary/aromatic N) is 1. The zero-order chi connectivity index (χ0) is 13.7. The Kier molecular flexibility index (Phi) is 4.67. The Bertz CT molecular complexity index is 457. The van der Waals surface area contributed by atoms with Crippen LogP contribution in [0, 0.1) is 0 Å². The fourth-order valence-corrected chi connectivity index (χ4v) is 1.38. The second-order valence-corrected chi connectivity index (χ2v) is 4.01. The first kappa shape index (κ1) is 14.0. The highest BCUT2D eigenvalue weighted by atomic mass is 16.5. The Balaban J connectivity index is 2.79. The van der Waals surface area contributed by atoms with Gasteiger partial charge >= 0.3 is 5.97 Å². The summed E-state index contributed by atoms with van der Waals surface area (Å²) in [7, 11) is 4.78. The second kappa shape index (κ2) is 6.02. The molecule has 98 valence electrons. The van der Waals surface area contributed by atoms with Crippen LogP contribution in [0.2, 0.25) is 0 Å². The molecule has 0 heterocycles. The molecule has 2 N–H and O–H groups in total. The lowest BCUT2D eigenvalue weighted by Crippen LogP contribution is -2.27. The van der Waals surface area contributed by atoms with Gasteiger partial charge in [0.1, 0.15) is 11.3 Å². The summed E-state index contributed by atoms with van der Waals surface area (Å²) in [6, 6.07) is 4.23. The van der Waals surface area contributed by atoms with Gasteiger partial charge in [-0.15, -0.1) is 0 Å². The molecule has 0 aliphatic heterocycles. The molecule has 0 radical (unpaired) electrons. The lowest BCUT2D eigenvalue weighted by Gasteiger charge is -2.11. The van der Waals surface area contributed by atoms with E-state index in [1.54, 1.807) is 19.0 Å². The van der Waals surface area contributed by atoms with E-state index < -0.39 is 5.97 Å². The molecule has 0 saturated heterocycles. The highest BCUT2D eigenvalue weighted by Crippen LogP contribution is 2.22. The van der Waals surface area contributed by atoms with Crippen molar-refractivity contribution >= 4 is 17.6 Å². The average molecular weight is 252 g/mol. The van der Waals surface area contributed by atoms with Crippen LogP contribution in [0.3, 0.4) is 0 Å². The molecule has 0 aliphatic carbocycles. The minimum atomic E-state index is -0.626. The van der Waals surface area contributed by atoms with Gasteiger partial charge in [-0.2, -0.15) is 0 Å². The summed E-state index contributed by atoms with van der Waals surface area (Å²) in [5, 5.41) is 12.2. The van der Waals surface area contributed by atoms with Crippen molar-refractivity contribution in [3.8, 4) is 5.75 Å². The number of methoxy groups -OCH3 is 1. The summed E-state index contributed by atoms with van der Waals surface area (Å²) in [4.78, 5) is 24.4. The van der Waals surface area contributed by atoms with Crippen LogP contribution >= 0.6 is 0 Å². The predicted molar refractivity (Wildman–Crippen MR) is 66.6 cm³/mol. The van der Waals surface area contributed by atoms with Gasteiger partial charge in [0.25, 0.3) is 0 Å². The third-order valence-electron chi connectivity index (χ3n) is 2.15. The first-order valence-corrected chi connectivity index (χ1v) is 5.30. The molecule has 6 nitrogen and oxygen atoms in total. The molecule has 0 bridgehead atoms. The van der Waals surface area contributed by atoms with Gasteiger partial charge < -0.3 is 20.1 Å². The molecule has 0 saturated carbocycles. The molecule has 1 rings (SSSR count). The second-order valence-electron chi connectivity index (χ2n) is 4.01. The number of carbonyl (C=O) groups excluding carboxylic acids is 2. The number of ether oxygens (including phenoxy) is 1. The van der Waals surface area contributed by atoms with Crippen LogP contribution in [0.5, 0.6) is 5.75 Å². The van der Waals surface area contributed by atoms with Gasteiger partial charge in [-0.05, 0) is 26.2 Å². The van der Waals surface area contributed by atoms with E-state index in [-0.39, 0.29) is 23.8 Å². The molecular formula is C12H16N2O4. The highest BCUT2D eigenvalue weighted by Gasteiger charge is 2.12. The van der Waals surface area contributed by atoms with Crippen LogP contribution in [-0.4, -0.2) is 49.6 Å². The van der Waals surface area contributed by atoms with Crippen molar-refractivity contribution in [3.63, 3.8) is 0 Å². The number of hydrogen-bond acceptors (Lipinski definition) is 5. The summed E-state index contributed by atoms with van der Waals surface area (Å²) < 4.78 is 4.50. The Morgan fingerprint density at radius 1 is 1.39 bits per heavy atom. The monoisotopic (exact) mass is 252 g/mol. The molecule has 1 aromatic carbocycles. The number of phenols is 1. The van der Waals surface area contributed by atoms with Crippen LogP contribution in [-0.2, 0) is 9.53 Å². The molecule has 1 amide bonds. The third kappa shape index (κ3) is 3.74. The zero-order valence-corrected chi connectivity index (χ0v) is 10.6. The largest absolute Gasteiger partial charge is 0.507 e. The molecule has 0 aliphatic rings. The van der Waals surface area contributed by atoms with E-state index in [9.17, 15) is 14.7 Å². The molecule has 0 fully saturated rings. The normalized spacial score (nSPS) is 10.2. The van der Waals surface area contributed by atoms with E-state index in [2.05, 4.69) is 10.1 Å². The lowest BCUT2D eigenvalue weighted by molar-refractivity contribution is -0.116. The van der Waals surface area contributed by atoms with Crippen LogP contribution in [0.25, 0.3) is 0 Å². The van der Waals surface area contributed by atoms with Crippen molar-refractivity contribution in [1.29, 1.82) is 0 Å². The Morgan fingerprint density at radius 3 is 2.56 bits per heavy atom. The van der Waals surface area contributed by atoms with E-state index in [0.29, 0.717) is 5.69 Å². The number of aromatic hydroxyl groups is 1. The lowest BCUT2D eigenvalue weighted by atomic mass is 10.2. The van der Waals surface area contributed by atoms with Gasteiger partial charge in [-0.3, -0.25) is 4.79 Å². The van der Waals surface area contributed by atoms with E-state index >= 15 is 0 Å². The summed E-state index contributed by atoms with van der Waals surface area (Å²) in [6.07, 6.45) is 0. The molecule has 18 heavy (non-hydrogen) atoms. The van der Waals surface area contributed by atoms with Gasteiger partial charge in [0.15, 0.2) is 0 Å². The fourth-order valence-electron chi connectivity index (χ4n) is 1.38. The minimum absolute atomic E-state index is 0.0584. The first-order chi connectivity index (χ1) is 8.43. The number of nitrogens with one attached hydrogen (secondary N) is 1. The summed E-state index contributed by atoms with van der Waals surface area (Å²) >= 11 is 0. The summed E-state index contributed by atoms with van der Waals surface area (Å²) in [5.41, 5.74) is 0.482. The number of phenolic OH excluding ortho intramolecular Hbond substituents is 1. The maximum Gasteiger partial charge on any atom is 0.341 e. The number of rotatable bonds is 4. The molecule has 0 unspecified atom stereocenters. The SMILES string of the molecule is COC(=O)c1ccc(NC(=O)CN(C)C)cc1O. The predicted octanol–water partition coefficient (Wildman–Crippen LogP) is 0.679. The topological polar surface area (TPSA) is 78.9 Å². The maximum absolute atomic E-state index is 11.5. The smallest absolute Gasteiger partial charge is 0.341 e. The number of amides is 1. The number of likely N-dealkylation sites (N-methyl/N-ethyl adjacent to an activating group) is 1. The highest BCUT2D eigenvalue weighted by molar-refractivity contribution is 5.95. The van der Waals surface area contributed by atoms with Crippen molar-refractivity contribution in [2.45, 2.75) is 0 Å². The van der Waals surface area contributed by atoms with Crippen molar-refractivity contribution in [2.24, 2.45) is 0 Å². The van der Waals surface area contributed by atoms with Crippen LogP contribution in [0.15, 0.2) is 18.2 Å². The molecule has 1 aromatic rings. The standard InChI is InChI=1S/C12H16N2O4/c1-14(2)7-11(16)13-8-4-5-9(10(15)6-8)12(17)18-3/h4-6,15H,7H2,1-3H3,(H,13,16). The average Bonchev–Trinajstić information content (AvgIpc) is 2.27. The van der Waals surface area contributed by atoms with Gasteiger partial charge in [0, 0.05) is 11.8 Å². The van der Waals surface area contributed by atoms with Gasteiger partial charge in [0.05, 0.1) is 13.7 Å². The molecule has 0 aromatic heterocycles. The molecular weight excluding hydrogens is 236 g/mol. The number of esters is 1.